The molecule has 0 aliphatic carbocycles. The van der Waals surface area contributed by atoms with Crippen molar-refractivity contribution in [2.45, 2.75) is 44.1 Å². The van der Waals surface area contributed by atoms with Crippen molar-refractivity contribution in [3.63, 3.8) is 0 Å². The molecule has 0 bridgehead atoms. The maximum absolute atomic E-state index is 12.6. The number of rotatable bonds is 5. The van der Waals surface area contributed by atoms with Crippen LogP contribution in [0.2, 0.25) is 0 Å². The predicted molar refractivity (Wildman–Crippen MR) is 101 cm³/mol. The highest BCUT2D eigenvalue weighted by Crippen LogP contribution is 2.32. The molecule has 1 aliphatic heterocycles. The van der Waals surface area contributed by atoms with E-state index in [-0.39, 0.29) is 5.82 Å². The van der Waals surface area contributed by atoms with Gasteiger partial charge in [0.15, 0.2) is 27.2 Å². The van der Waals surface area contributed by atoms with Crippen molar-refractivity contribution >= 4 is 21.4 Å². The molecule has 0 fully saturated rings. The lowest BCUT2D eigenvalue weighted by atomic mass is 9.97. The Morgan fingerprint density at radius 3 is 2.54 bits per heavy atom. The fraction of sp³-hybridized carbons (Fsp3) is 0.500. The van der Waals surface area contributed by atoms with Gasteiger partial charge in [0.05, 0.1) is 0 Å². The fourth-order valence-electron chi connectivity index (χ4n) is 2.45. The van der Waals surface area contributed by atoms with Gasteiger partial charge < -0.3 is 19.3 Å². The lowest BCUT2D eigenvalue weighted by Crippen LogP contribution is -2.33. The SMILES string of the molecule is C[C@@H](C(=O)Nc1ccc2c(c1)OCCO2)S(=O)(=O)Cc1noc(C(C)(C)C)n1. The number of carbonyl (C=O) groups excluding carboxylic acids is 1. The van der Waals surface area contributed by atoms with Crippen LogP contribution in [0.5, 0.6) is 11.5 Å². The molecular formula is C18H23N3O6S. The number of hydrogen-bond donors (Lipinski definition) is 1. The molecule has 1 aromatic carbocycles. The minimum atomic E-state index is -3.84. The van der Waals surface area contributed by atoms with Gasteiger partial charge in [-0.1, -0.05) is 25.9 Å². The van der Waals surface area contributed by atoms with Crippen molar-refractivity contribution in [2.24, 2.45) is 0 Å². The molecule has 0 saturated carbocycles. The highest BCUT2D eigenvalue weighted by atomic mass is 32.2. The monoisotopic (exact) mass is 409 g/mol. The van der Waals surface area contributed by atoms with Crippen LogP contribution < -0.4 is 14.8 Å². The second kappa shape index (κ2) is 7.42. The Hall–Kier alpha value is -2.62. The number of nitrogens with one attached hydrogen (secondary N) is 1. The number of anilines is 1. The van der Waals surface area contributed by atoms with Gasteiger partial charge >= 0.3 is 0 Å². The maximum atomic E-state index is 12.6. The van der Waals surface area contributed by atoms with E-state index in [1.165, 1.54) is 6.92 Å². The van der Waals surface area contributed by atoms with Gasteiger partial charge in [0.2, 0.25) is 11.8 Å². The zero-order valence-corrected chi connectivity index (χ0v) is 17.0. The Bertz CT molecular complexity index is 977. The van der Waals surface area contributed by atoms with E-state index in [9.17, 15) is 13.2 Å². The third-order valence-corrected chi connectivity index (χ3v) is 6.11. The average Bonchev–Trinajstić information content (AvgIpc) is 3.09. The molecule has 2 aromatic rings. The van der Waals surface area contributed by atoms with Gasteiger partial charge in [0.25, 0.3) is 0 Å². The first-order chi connectivity index (χ1) is 13.1. The van der Waals surface area contributed by atoms with Crippen LogP contribution in [0.1, 0.15) is 39.4 Å². The molecular weight excluding hydrogens is 386 g/mol. The zero-order valence-electron chi connectivity index (χ0n) is 16.2. The zero-order chi connectivity index (χ0) is 20.5. The van der Waals surface area contributed by atoms with Crippen molar-refractivity contribution in [2.75, 3.05) is 18.5 Å². The van der Waals surface area contributed by atoms with Gasteiger partial charge in [-0.25, -0.2) is 8.42 Å². The first kappa shape index (κ1) is 20.1. The summed E-state index contributed by atoms with van der Waals surface area (Å²) in [5.74, 6) is 0.312. The van der Waals surface area contributed by atoms with E-state index in [0.717, 1.165) is 0 Å². The molecule has 1 aromatic heterocycles. The van der Waals surface area contributed by atoms with Crippen LogP contribution in [0.25, 0.3) is 0 Å². The van der Waals surface area contributed by atoms with Gasteiger partial charge in [-0.2, -0.15) is 4.98 Å². The van der Waals surface area contributed by atoms with Crippen LogP contribution in [0.15, 0.2) is 22.7 Å². The molecule has 28 heavy (non-hydrogen) atoms. The van der Waals surface area contributed by atoms with E-state index in [0.29, 0.717) is 36.3 Å². The Morgan fingerprint density at radius 2 is 1.89 bits per heavy atom. The number of fused-ring (bicyclic) bond motifs is 1. The summed E-state index contributed by atoms with van der Waals surface area (Å²) in [6.45, 7) is 7.83. The van der Waals surface area contributed by atoms with Gasteiger partial charge in [0.1, 0.15) is 24.2 Å². The molecule has 0 saturated heterocycles. The van der Waals surface area contributed by atoms with Gasteiger partial charge in [0, 0.05) is 17.2 Å². The largest absolute Gasteiger partial charge is 0.486 e. The molecule has 10 heteroatoms. The minimum Gasteiger partial charge on any atom is -0.486 e. The summed E-state index contributed by atoms with van der Waals surface area (Å²) >= 11 is 0. The van der Waals surface area contributed by atoms with Crippen LogP contribution in [-0.4, -0.2) is 42.9 Å². The van der Waals surface area contributed by atoms with E-state index in [4.69, 9.17) is 14.0 Å². The Kier molecular flexibility index (Phi) is 5.33. The number of aromatic nitrogens is 2. The summed E-state index contributed by atoms with van der Waals surface area (Å²) in [6, 6.07) is 4.89. The number of ether oxygens (including phenoxy) is 2. The van der Waals surface area contributed by atoms with E-state index in [2.05, 4.69) is 15.5 Å². The van der Waals surface area contributed by atoms with E-state index in [1.54, 1.807) is 18.2 Å². The molecule has 9 nitrogen and oxygen atoms in total. The van der Waals surface area contributed by atoms with Crippen molar-refractivity contribution in [1.82, 2.24) is 10.1 Å². The molecule has 3 rings (SSSR count). The summed E-state index contributed by atoms with van der Waals surface area (Å²) in [7, 11) is -3.84. The summed E-state index contributed by atoms with van der Waals surface area (Å²) in [4.78, 5) is 16.6. The summed E-state index contributed by atoms with van der Waals surface area (Å²) in [5.41, 5.74) is 0.0295. The smallest absolute Gasteiger partial charge is 0.242 e. The highest BCUT2D eigenvalue weighted by molar-refractivity contribution is 7.92. The van der Waals surface area contributed by atoms with Gasteiger partial charge in [-0.05, 0) is 19.1 Å². The second-order valence-corrected chi connectivity index (χ2v) is 9.88. The normalized spacial score (nSPS) is 15.1. The molecule has 152 valence electrons. The van der Waals surface area contributed by atoms with Crippen molar-refractivity contribution < 1.29 is 27.2 Å². The van der Waals surface area contributed by atoms with Crippen molar-refractivity contribution in [1.29, 1.82) is 0 Å². The topological polar surface area (TPSA) is 121 Å². The summed E-state index contributed by atoms with van der Waals surface area (Å²) < 4.78 is 41.2. The number of sulfone groups is 1. The summed E-state index contributed by atoms with van der Waals surface area (Å²) in [6.07, 6.45) is 0. The van der Waals surface area contributed by atoms with Crippen molar-refractivity contribution in [3.8, 4) is 11.5 Å². The van der Waals surface area contributed by atoms with Crippen LogP contribution in [0, 0.1) is 0 Å². The fourth-order valence-corrected chi connectivity index (χ4v) is 3.56. The van der Waals surface area contributed by atoms with E-state index in [1.807, 2.05) is 20.8 Å². The maximum Gasteiger partial charge on any atom is 0.242 e. The van der Waals surface area contributed by atoms with Crippen molar-refractivity contribution in [3.05, 3.63) is 29.9 Å². The number of hydrogen-bond acceptors (Lipinski definition) is 8. The lowest BCUT2D eigenvalue weighted by molar-refractivity contribution is -0.115. The van der Waals surface area contributed by atoms with Crippen LogP contribution in [0.4, 0.5) is 5.69 Å². The number of benzene rings is 1. The van der Waals surface area contributed by atoms with E-state index >= 15 is 0 Å². The van der Waals surface area contributed by atoms with Gasteiger partial charge in [-0.3, -0.25) is 4.79 Å². The van der Waals surface area contributed by atoms with Crippen LogP contribution in [0.3, 0.4) is 0 Å². The first-order valence-corrected chi connectivity index (χ1v) is 10.5. The van der Waals surface area contributed by atoms with Crippen LogP contribution in [-0.2, 0) is 25.8 Å². The third-order valence-electron chi connectivity index (χ3n) is 4.16. The quantitative estimate of drug-likeness (QED) is 0.797. The van der Waals surface area contributed by atoms with E-state index < -0.39 is 32.2 Å². The Balaban J connectivity index is 1.68. The molecule has 1 N–H and O–H groups in total. The summed E-state index contributed by atoms with van der Waals surface area (Å²) in [5, 5.41) is 5.02. The standard InChI is InChI=1S/C18H23N3O6S/c1-11(28(23,24)10-15-20-17(27-21-15)18(2,3)4)16(22)19-12-5-6-13-14(9-12)26-8-7-25-13/h5-6,9,11H,7-8,10H2,1-4H3,(H,19,22)/t11-/m0/s1. The first-order valence-electron chi connectivity index (χ1n) is 8.81. The molecule has 1 aliphatic rings. The van der Waals surface area contributed by atoms with Gasteiger partial charge in [-0.15, -0.1) is 0 Å². The third kappa shape index (κ3) is 4.44. The average molecular weight is 409 g/mol. The molecule has 1 atom stereocenters. The molecule has 0 radical (unpaired) electrons. The number of nitrogens with zero attached hydrogens (tertiary/aromatic N) is 2. The molecule has 2 heterocycles. The van der Waals surface area contributed by atoms with Crippen LogP contribution >= 0.6 is 0 Å². The molecule has 0 unspecified atom stereocenters. The minimum absolute atomic E-state index is 0.0314. The predicted octanol–water partition coefficient (Wildman–Crippen LogP) is 2.08. The highest BCUT2D eigenvalue weighted by Gasteiger charge is 2.31. The molecule has 0 spiro atoms. The Labute approximate surface area is 163 Å². The Morgan fingerprint density at radius 1 is 1.21 bits per heavy atom. The number of carbonyl (C=O) groups is 1. The number of amides is 1. The lowest BCUT2D eigenvalue weighted by Gasteiger charge is -2.19. The molecule has 1 amide bonds. The second-order valence-electron chi connectivity index (χ2n) is 7.56.